The smallest absolute Gasteiger partial charge is 0.338 e. The molecule has 0 radical (unpaired) electrons. The monoisotopic (exact) mass is 496 g/mol. The first-order valence-corrected chi connectivity index (χ1v) is 11.7. The summed E-state index contributed by atoms with van der Waals surface area (Å²) < 4.78 is 18.2. The van der Waals surface area contributed by atoms with Gasteiger partial charge < -0.3 is 19.8 Å². The van der Waals surface area contributed by atoms with Gasteiger partial charge in [0, 0.05) is 26.2 Å². The maximum atomic E-state index is 13.3. The van der Waals surface area contributed by atoms with Crippen molar-refractivity contribution >= 4 is 17.7 Å². The lowest BCUT2D eigenvalue weighted by atomic mass is 9.94. The number of aliphatic hydroxyl groups excluding tert-OH is 2. The lowest BCUT2D eigenvalue weighted by Gasteiger charge is -2.42. The largest absolute Gasteiger partial charge is 0.510 e. The maximum Gasteiger partial charge on any atom is 0.338 e. The van der Waals surface area contributed by atoms with Crippen molar-refractivity contribution in [1.29, 1.82) is 5.41 Å². The van der Waals surface area contributed by atoms with Crippen LogP contribution in [0.5, 0.6) is 0 Å². The van der Waals surface area contributed by atoms with Crippen LogP contribution in [0, 0.1) is 11.2 Å². The van der Waals surface area contributed by atoms with E-state index in [9.17, 15) is 24.2 Å². The molecule has 0 bridgehead atoms. The molecule has 9 nitrogen and oxygen atoms in total. The Morgan fingerprint density at radius 3 is 2.58 bits per heavy atom. The summed E-state index contributed by atoms with van der Waals surface area (Å²) in [5, 5.41) is 30.5. The van der Waals surface area contributed by atoms with Crippen molar-refractivity contribution in [3.05, 3.63) is 81.9 Å². The highest BCUT2D eigenvalue weighted by atomic mass is 19.1. The molecule has 190 valence electrons. The van der Waals surface area contributed by atoms with Gasteiger partial charge in [-0.25, -0.2) is 9.18 Å². The predicted molar refractivity (Wildman–Crippen MR) is 129 cm³/mol. The molecule has 1 unspecified atom stereocenters. The Bertz CT molecular complexity index is 1210. The van der Waals surface area contributed by atoms with Crippen LogP contribution in [0.4, 0.5) is 4.39 Å². The molecule has 1 fully saturated rings. The molecule has 2 aromatic carbocycles. The average Bonchev–Trinajstić information content (AvgIpc) is 2.87. The number of halogens is 1. The van der Waals surface area contributed by atoms with Crippen molar-refractivity contribution in [3.8, 4) is 0 Å². The Kier molecular flexibility index (Phi) is 7.37. The minimum absolute atomic E-state index is 0.0174. The highest BCUT2D eigenvalue weighted by molar-refractivity contribution is 6.21. The van der Waals surface area contributed by atoms with Gasteiger partial charge in [0.05, 0.1) is 19.2 Å². The molecule has 0 aliphatic carbocycles. The second kappa shape index (κ2) is 10.5. The van der Waals surface area contributed by atoms with E-state index < -0.39 is 24.0 Å². The number of esters is 1. The first-order valence-electron chi connectivity index (χ1n) is 11.7. The SMILES string of the molecule is CCN1C(=O)C(=C(O)CN2CCc3cccc(C(=O)OC)c3C2)C(=N)N(Cc2ccc(F)cc2)C1O. The fraction of sp³-hybridized carbons (Fsp3) is 0.346. The lowest BCUT2D eigenvalue weighted by molar-refractivity contribution is -0.151. The number of amidine groups is 1. The number of nitrogens with zero attached hydrogens (tertiary/aromatic N) is 3. The van der Waals surface area contributed by atoms with Gasteiger partial charge in [-0.05, 0) is 48.2 Å². The Labute approximate surface area is 208 Å². The Morgan fingerprint density at radius 2 is 1.92 bits per heavy atom. The van der Waals surface area contributed by atoms with E-state index in [1.165, 1.54) is 36.3 Å². The minimum Gasteiger partial charge on any atom is -0.510 e. The number of rotatable bonds is 6. The predicted octanol–water partition coefficient (Wildman–Crippen LogP) is 2.40. The number of carbonyl (C=O) groups excluding carboxylic acids is 2. The summed E-state index contributed by atoms with van der Waals surface area (Å²) in [6.07, 6.45) is -0.758. The summed E-state index contributed by atoms with van der Waals surface area (Å²) >= 11 is 0. The molecule has 2 aliphatic heterocycles. The van der Waals surface area contributed by atoms with E-state index in [4.69, 9.17) is 10.1 Å². The van der Waals surface area contributed by atoms with E-state index in [0.717, 1.165) is 16.0 Å². The quantitative estimate of drug-likeness (QED) is 0.319. The van der Waals surface area contributed by atoms with Gasteiger partial charge in [-0.15, -0.1) is 0 Å². The van der Waals surface area contributed by atoms with Gasteiger partial charge in [0.2, 0.25) is 6.35 Å². The van der Waals surface area contributed by atoms with Crippen molar-refractivity contribution in [2.45, 2.75) is 32.8 Å². The summed E-state index contributed by atoms with van der Waals surface area (Å²) in [7, 11) is 1.32. The molecule has 2 heterocycles. The van der Waals surface area contributed by atoms with E-state index >= 15 is 0 Å². The van der Waals surface area contributed by atoms with Crippen LogP contribution in [-0.4, -0.2) is 75.7 Å². The second-order valence-corrected chi connectivity index (χ2v) is 8.76. The summed E-state index contributed by atoms with van der Waals surface area (Å²) in [5.74, 6) is -2.10. The number of methoxy groups -OCH3 is 1. The minimum atomic E-state index is -1.40. The molecule has 0 saturated carbocycles. The number of amides is 1. The zero-order valence-electron chi connectivity index (χ0n) is 20.2. The van der Waals surface area contributed by atoms with Crippen LogP contribution in [0.1, 0.15) is 34.0 Å². The van der Waals surface area contributed by atoms with Gasteiger partial charge in [-0.3, -0.25) is 20.0 Å². The molecule has 0 spiro atoms. The van der Waals surface area contributed by atoms with E-state index in [2.05, 4.69) is 0 Å². The molecule has 1 saturated heterocycles. The third-order valence-electron chi connectivity index (χ3n) is 6.58. The van der Waals surface area contributed by atoms with Crippen LogP contribution in [0.3, 0.4) is 0 Å². The molecule has 1 atom stereocenters. The van der Waals surface area contributed by atoms with Crippen LogP contribution in [0.25, 0.3) is 0 Å². The second-order valence-electron chi connectivity index (χ2n) is 8.76. The molecule has 3 N–H and O–H groups in total. The van der Waals surface area contributed by atoms with E-state index in [0.29, 0.717) is 30.6 Å². The fourth-order valence-electron chi connectivity index (χ4n) is 4.66. The summed E-state index contributed by atoms with van der Waals surface area (Å²) in [6, 6.07) is 11.1. The number of aliphatic hydroxyl groups is 2. The average molecular weight is 497 g/mol. The van der Waals surface area contributed by atoms with Gasteiger partial charge in [-0.2, -0.15) is 0 Å². The molecule has 4 rings (SSSR count). The molecular weight excluding hydrogens is 467 g/mol. The van der Waals surface area contributed by atoms with Crippen LogP contribution in [0.2, 0.25) is 0 Å². The Morgan fingerprint density at radius 1 is 1.19 bits per heavy atom. The number of ether oxygens (including phenoxy) is 1. The van der Waals surface area contributed by atoms with Gasteiger partial charge in [0.1, 0.15) is 23.0 Å². The van der Waals surface area contributed by atoms with Crippen molar-refractivity contribution in [1.82, 2.24) is 14.7 Å². The summed E-state index contributed by atoms with van der Waals surface area (Å²) in [4.78, 5) is 29.7. The topological polar surface area (TPSA) is 117 Å². The van der Waals surface area contributed by atoms with Crippen LogP contribution in [0.15, 0.2) is 53.8 Å². The zero-order chi connectivity index (χ0) is 26.0. The molecule has 0 aromatic heterocycles. The van der Waals surface area contributed by atoms with Gasteiger partial charge in [0.25, 0.3) is 5.91 Å². The number of fused-ring (bicyclic) bond motifs is 1. The molecule has 2 aromatic rings. The lowest BCUT2D eigenvalue weighted by Crippen LogP contribution is -2.59. The number of nitrogens with one attached hydrogen (secondary N) is 1. The third-order valence-corrected chi connectivity index (χ3v) is 6.58. The van der Waals surface area contributed by atoms with Crippen molar-refractivity contribution < 1.29 is 28.9 Å². The molecule has 1 amide bonds. The van der Waals surface area contributed by atoms with Crippen molar-refractivity contribution in [3.63, 3.8) is 0 Å². The molecule has 36 heavy (non-hydrogen) atoms. The van der Waals surface area contributed by atoms with Crippen LogP contribution >= 0.6 is 0 Å². The third kappa shape index (κ3) is 4.82. The van der Waals surface area contributed by atoms with E-state index in [1.54, 1.807) is 13.0 Å². The number of carbonyl (C=O) groups is 2. The van der Waals surface area contributed by atoms with Crippen molar-refractivity contribution in [2.24, 2.45) is 0 Å². The highest BCUT2D eigenvalue weighted by Crippen LogP contribution is 2.27. The fourth-order valence-corrected chi connectivity index (χ4v) is 4.66. The highest BCUT2D eigenvalue weighted by Gasteiger charge is 2.41. The number of likely N-dealkylation sites (N-methyl/N-ethyl adjacent to an activating group) is 1. The first-order chi connectivity index (χ1) is 17.2. The number of hydrogen-bond acceptors (Lipinski definition) is 7. The van der Waals surface area contributed by atoms with Crippen LogP contribution in [-0.2, 0) is 29.0 Å². The zero-order valence-corrected chi connectivity index (χ0v) is 20.2. The maximum absolute atomic E-state index is 13.3. The Hall–Kier alpha value is -3.76. The normalized spacial score (nSPS) is 19.8. The van der Waals surface area contributed by atoms with E-state index in [-0.39, 0.29) is 36.8 Å². The molecule has 2 aliphatic rings. The van der Waals surface area contributed by atoms with E-state index in [1.807, 2.05) is 17.0 Å². The molecule has 10 heteroatoms. The number of benzene rings is 2. The van der Waals surface area contributed by atoms with Gasteiger partial charge in [0.15, 0.2) is 0 Å². The summed E-state index contributed by atoms with van der Waals surface area (Å²) in [5.41, 5.74) is 2.72. The summed E-state index contributed by atoms with van der Waals surface area (Å²) in [6.45, 7) is 2.81. The van der Waals surface area contributed by atoms with Crippen molar-refractivity contribution in [2.75, 3.05) is 26.7 Å². The van der Waals surface area contributed by atoms with Crippen LogP contribution < -0.4 is 0 Å². The molecular formula is C26H29FN4O5. The Balaban J connectivity index is 1.60. The van der Waals surface area contributed by atoms with Gasteiger partial charge in [-0.1, -0.05) is 24.3 Å². The number of hydrogen-bond donors (Lipinski definition) is 3. The standard InChI is InChI=1S/C26H29FN4O5/c1-3-30-24(33)22(23(28)31(26(30)35)13-16-7-9-18(27)10-8-16)21(32)15-29-12-11-17-5-4-6-19(20(17)14-29)25(34)36-2/h4-10,26,28,32,35H,3,11-15H2,1-2H3. The van der Waals surface area contributed by atoms with Gasteiger partial charge >= 0.3 is 5.97 Å². The first kappa shape index (κ1) is 25.3.